The van der Waals surface area contributed by atoms with Gasteiger partial charge in [0.2, 0.25) is 5.84 Å². The van der Waals surface area contributed by atoms with Crippen LogP contribution in [0.15, 0.2) is 28.9 Å². The predicted molar refractivity (Wildman–Crippen MR) is 54.3 cm³/mol. The molecule has 2 N–H and O–H groups in total. The SMILES string of the molecule is CN1N=C(C(F)(F)F)N2C=C(B(O)O)C=CC12. The van der Waals surface area contributed by atoms with Gasteiger partial charge in [0.15, 0.2) is 0 Å². The second kappa shape index (κ2) is 3.78. The summed E-state index contributed by atoms with van der Waals surface area (Å²) in [7, 11) is -0.401. The number of hydrazone groups is 1. The van der Waals surface area contributed by atoms with Crippen molar-refractivity contribution in [3.63, 3.8) is 0 Å². The van der Waals surface area contributed by atoms with E-state index in [0.717, 1.165) is 16.1 Å². The Morgan fingerprint density at radius 2 is 2.06 bits per heavy atom. The van der Waals surface area contributed by atoms with Crippen molar-refractivity contribution in [1.82, 2.24) is 9.91 Å². The minimum atomic E-state index is -4.59. The molecule has 0 saturated heterocycles. The zero-order chi connectivity index (χ0) is 12.8. The molecule has 17 heavy (non-hydrogen) atoms. The molecule has 2 heterocycles. The van der Waals surface area contributed by atoms with Crippen LogP contribution in [-0.2, 0) is 0 Å². The fraction of sp³-hybridized carbons (Fsp3) is 0.375. The first kappa shape index (κ1) is 12.0. The highest BCUT2D eigenvalue weighted by atomic mass is 19.4. The topological polar surface area (TPSA) is 59.3 Å². The molecule has 1 unspecified atom stereocenters. The van der Waals surface area contributed by atoms with Crippen molar-refractivity contribution >= 4 is 13.0 Å². The Kier molecular flexibility index (Phi) is 2.66. The zero-order valence-corrected chi connectivity index (χ0v) is 8.76. The molecule has 5 nitrogen and oxygen atoms in total. The molecule has 2 aliphatic rings. The maximum Gasteiger partial charge on any atom is 0.489 e. The summed E-state index contributed by atoms with van der Waals surface area (Å²) in [4.78, 5) is 0.856. The van der Waals surface area contributed by atoms with Gasteiger partial charge in [0.05, 0.1) is 0 Å². The quantitative estimate of drug-likeness (QED) is 0.635. The monoisotopic (exact) mass is 247 g/mol. The second-order valence-corrected chi connectivity index (χ2v) is 3.68. The molecule has 0 spiro atoms. The molecule has 9 heteroatoms. The minimum absolute atomic E-state index is 0.0199. The largest absolute Gasteiger partial charge is 0.489 e. The van der Waals surface area contributed by atoms with Crippen molar-refractivity contribution in [3.05, 3.63) is 23.8 Å². The van der Waals surface area contributed by atoms with Gasteiger partial charge < -0.3 is 14.9 Å². The lowest BCUT2D eigenvalue weighted by Gasteiger charge is -2.28. The number of amidine groups is 1. The van der Waals surface area contributed by atoms with Crippen LogP contribution in [0.25, 0.3) is 0 Å². The molecular weight excluding hydrogens is 238 g/mol. The molecule has 2 aliphatic heterocycles. The Labute approximate surface area is 95.3 Å². The maximum absolute atomic E-state index is 12.7. The van der Waals surface area contributed by atoms with Crippen LogP contribution in [0.5, 0.6) is 0 Å². The van der Waals surface area contributed by atoms with Crippen LogP contribution in [0.1, 0.15) is 0 Å². The number of rotatable bonds is 1. The summed E-state index contributed by atoms with van der Waals surface area (Å²) < 4.78 is 38.0. The molecule has 0 aromatic carbocycles. The molecule has 0 fully saturated rings. The van der Waals surface area contributed by atoms with E-state index in [1.165, 1.54) is 19.2 Å². The summed E-state index contributed by atoms with van der Waals surface area (Å²) >= 11 is 0. The van der Waals surface area contributed by atoms with Gasteiger partial charge in [0.1, 0.15) is 6.17 Å². The third-order valence-corrected chi connectivity index (χ3v) is 2.47. The third kappa shape index (κ3) is 2.03. The van der Waals surface area contributed by atoms with Crippen LogP contribution in [0.4, 0.5) is 13.2 Å². The lowest BCUT2D eigenvalue weighted by molar-refractivity contribution is -0.0662. The predicted octanol–water partition coefficient (Wildman–Crippen LogP) is -0.0986. The Balaban J connectivity index is 2.35. The Bertz CT molecular complexity index is 419. The number of hydrogen-bond acceptors (Lipinski definition) is 5. The highest BCUT2D eigenvalue weighted by Crippen LogP contribution is 2.30. The van der Waals surface area contributed by atoms with Crippen molar-refractivity contribution in [2.75, 3.05) is 7.05 Å². The van der Waals surface area contributed by atoms with Gasteiger partial charge in [-0.3, -0.25) is 5.01 Å². The van der Waals surface area contributed by atoms with Crippen LogP contribution >= 0.6 is 0 Å². The minimum Gasteiger partial charge on any atom is -0.423 e. The number of allylic oxidation sites excluding steroid dienone is 2. The van der Waals surface area contributed by atoms with E-state index in [9.17, 15) is 13.2 Å². The van der Waals surface area contributed by atoms with Crippen molar-refractivity contribution in [2.24, 2.45) is 5.10 Å². The van der Waals surface area contributed by atoms with Crippen molar-refractivity contribution in [1.29, 1.82) is 0 Å². The summed E-state index contributed by atoms with van der Waals surface area (Å²) in [6, 6.07) is 0. The Hall–Kier alpha value is -1.48. The van der Waals surface area contributed by atoms with E-state index in [2.05, 4.69) is 5.10 Å². The van der Waals surface area contributed by atoms with Crippen molar-refractivity contribution in [2.45, 2.75) is 12.3 Å². The number of hydrogen-bond donors (Lipinski definition) is 2. The van der Waals surface area contributed by atoms with Crippen LogP contribution < -0.4 is 0 Å². The standard InChI is InChI=1S/C8H9BF3N3O2/c1-14-6-3-2-5(9(16)17)4-15(6)7(13-14)8(10,11)12/h2-4,6,16-17H,1H3. The van der Waals surface area contributed by atoms with Gasteiger partial charge in [-0.2, -0.15) is 18.3 Å². The molecule has 0 amide bonds. The number of fused-ring (bicyclic) bond motifs is 1. The molecule has 0 aromatic heterocycles. The molecule has 0 aliphatic carbocycles. The second-order valence-electron chi connectivity index (χ2n) is 3.68. The van der Waals surface area contributed by atoms with E-state index in [-0.39, 0.29) is 5.47 Å². The van der Waals surface area contributed by atoms with Gasteiger partial charge in [-0.15, -0.1) is 0 Å². The van der Waals surface area contributed by atoms with Crippen LogP contribution in [0, 0.1) is 0 Å². The first-order chi connectivity index (χ1) is 7.80. The van der Waals surface area contributed by atoms with Gasteiger partial charge in [-0.25, -0.2) is 0 Å². The maximum atomic E-state index is 12.7. The van der Waals surface area contributed by atoms with E-state index < -0.39 is 25.3 Å². The number of alkyl halides is 3. The van der Waals surface area contributed by atoms with E-state index in [1.54, 1.807) is 0 Å². The molecular formula is C8H9BF3N3O2. The summed E-state index contributed by atoms with van der Waals surface area (Å²) in [5.41, 5.74) is -0.0199. The van der Waals surface area contributed by atoms with E-state index >= 15 is 0 Å². The molecule has 0 saturated carbocycles. The van der Waals surface area contributed by atoms with Gasteiger partial charge >= 0.3 is 13.3 Å². The first-order valence-corrected chi connectivity index (χ1v) is 4.74. The lowest BCUT2D eigenvalue weighted by Crippen LogP contribution is -2.43. The van der Waals surface area contributed by atoms with Crippen LogP contribution in [-0.4, -0.2) is 52.3 Å². The van der Waals surface area contributed by atoms with Crippen molar-refractivity contribution in [3.8, 4) is 0 Å². The average molecular weight is 247 g/mol. The fourth-order valence-corrected chi connectivity index (χ4v) is 1.68. The van der Waals surface area contributed by atoms with E-state index in [1.807, 2.05) is 0 Å². The van der Waals surface area contributed by atoms with Gasteiger partial charge in [0.25, 0.3) is 0 Å². The Morgan fingerprint density at radius 1 is 1.41 bits per heavy atom. The average Bonchev–Trinajstić information content (AvgIpc) is 2.55. The molecule has 1 atom stereocenters. The summed E-state index contributed by atoms with van der Waals surface area (Å²) in [6.45, 7) is 0. The van der Waals surface area contributed by atoms with Crippen LogP contribution in [0.3, 0.4) is 0 Å². The summed E-state index contributed by atoms with van der Waals surface area (Å²) in [6.07, 6.45) is -1.47. The number of nitrogens with zero attached hydrogens (tertiary/aromatic N) is 3. The fourth-order valence-electron chi connectivity index (χ4n) is 1.68. The van der Waals surface area contributed by atoms with Gasteiger partial charge in [0, 0.05) is 13.2 Å². The molecule has 0 bridgehead atoms. The first-order valence-electron chi connectivity index (χ1n) is 4.74. The zero-order valence-electron chi connectivity index (χ0n) is 8.76. The van der Waals surface area contributed by atoms with E-state index in [0.29, 0.717) is 0 Å². The molecule has 2 rings (SSSR count). The van der Waals surface area contributed by atoms with Gasteiger partial charge in [-0.05, 0) is 11.5 Å². The number of likely N-dealkylation sites (N-methyl/N-ethyl adjacent to an activating group) is 1. The summed E-state index contributed by atoms with van der Waals surface area (Å²) in [5, 5.41) is 22.4. The molecule has 92 valence electrons. The summed E-state index contributed by atoms with van der Waals surface area (Å²) in [5.74, 6) is -1.08. The highest BCUT2D eigenvalue weighted by Gasteiger charge is 2.47. The van der Waals surface area contributed by atoms with Gasteiger partial charge in [-0.1, -0.05) is 6.08 Å². The molecule has 0 aromatic rings. The third-order valence-electron chi connectivity index (χ3n) is 2.47. The van der Waals surface area contributed by atoms with E-state index in [4.69, 9.17) is 10.0 Å². The lowest BCUT2D eigenvalue weighted by atomic mass is 9.78. The molecule has 0 radical (unpaired) electrons. The van der Waals surface area contributed by atoms with Crippen LogP contribution in [0.2, 0.25) is 0 Å². The smallest absolute Gasteiger partial charge is 0.423 e. The highest BCUT2D eigenvalue weighted by molar-refractivity contribution is 6.51. The Morgan fingerprint density at radius 3 is 2.59 bits per heavy atom. The number of halogens is 3. The van der Waals surface area contributed by atoms with Crippen molar-refractivity contribution < 1.29 is 23.2 Å². The normalized spacial score (nSPS) is 23.5.